The molecule has 0 aliphatic heterocycles. The molecule has 112 valence electrons. The van der Waals surface area contributed by atoms with E-state index in [1.165, 1.54) is 0 Å². The SMILES string of the molecule is CCOC(CN=[N+]=[N-])(C(=O)c1ccccc1)c1ccccc1. The molecule has 2 aromatic rings. The van der Waals surface area contributed by atoms with Gasteiger partial charge in [0.1, 0.15) is 0 Å². The summed E-state index contributed by atoms with van der Waals surface area (Å²) in [4.78, 5) is 15.9. The second-order valence-corrected chi connectivity index (χ2v) is 4.71. The van der Waals surface area contributed by atoms with Crippen molar-refractivity contribution >= 4 is 5.78 Å². The van der Waals surface area contributed by atoms with Gasteiger partial charge in [0.05, 0.1) is 6.54 Å². The van der Waals surface area contributed by atoms with Crippen LogP contribution in [0.4, 0.5) is 0 Å². The molecule has 0 fully saturated rings. The normalized spacial score (nSPS) is 13.0. The third-order valence-corrected chi connectivity index (χ3v) is 3.39. The maximum absolute atomic E-state index is 13.1. The van der Waals surface area contributed by atoms with Crippen LogP contribution in [0.1, 0.15) is 22.8 Å². The van der Waals surface area contributed by atoms with E-state index in [0.29, 0.717) is 17.7 Å². The van der Waals surface area contributed by atoms with Gasteiger partial charge in [-0.1, -0.05) is 65.8 Å². The number of Topliss-reactive ketones (excluding diaryl/α,β-unsaturated/α-hetero) is 1. The second-order valence-electron chi connectivity index (χ2n) is 4.71. The van der Waals surface area contributed by atoms with Crippen LogP contribution in [-0.4, -0.2) is 18.9 Å². The molecule has 0 amide bonds. The number of nitrogens with zero attached hydrogens (tertiary/aromatic N) is 3. The molecule has 1 atom stereocenters. The second kappa shape index (κ2) is 7.41. The fraction of sp³-hybridized carbons (Fsp3) is 0.235. The molecule has 0 radical (unpaired) electrons. The molecular formula is C17H17N3O2. The Morgan fingerprint density at radius 3 is 2.27 bits per heavy atom. The van der Waals surface area contributed by atoms with Gasteiger partial charge in [0, 0.05) is 17.1 Å². The van der Waals surface area contributed by atoms with Crippen molar-refractivity contribution in [1.29, 1.82) is 0 Å². The largest absolute Gasteiger partial charge is 0.362 e. The first-order chi connectivity index (χ1) is 10.7. The minimum atomic E-state index is -1.30. The van der Waals surface area contributed by atoms with Crippen molar-refractivity contribution in [2.45, 2.75) is 12.5 Å². The maximum Gasteiger partial charge on any atom is 0.199 e. The van der Waals surface area contributed by atoms with Gasteiger partial charge in [-0.2, -0.15) is 0 Å². The summed E-state index contributed by atoms with van der Waals surface area (Å²) in [6.45, 7) is 2.05. The maximum atomic E-state index is 13.1. The molecule has 0 aliphatic carbocycles. The van der Waals surface area contributed by atoms with Crippen molar-refractivity contribution in [3.63, 3.8) is 0 Å². The zero-order valence-corrected chi connectivity index (χ0v) is 12.3. The first-order valence-corrected chi connectivity index (χ1v) is 7.05. The van der Waals surface area contributed by atoms with Crippen LogP contribution >= 0.6 is 0 Å². The minimum Gasteiger partial charge on any atom is -0.362 e. The predicted molar refractivity (Wildman–Crippen MR) is 84.5 cm³/mol. The highest BCUT2D eigenvalue weighted by Crippen LogP contribution is 2.31. The molecular weight excluding hydrogens is 278 g/mol. The van der Waals surface area contributed by atoms with Crippen LogP contribution < -0.4 is 0 Å². The quantitative estimate of drug-likeness (QED) is 0.333. The van der Waals surface area contributed by atoms with Crippen LogP contribution in [0.15, 0.2) is 65.8 Å². The van der Waals surface area contributed by atoms with E-state index in [1.807, 2.05) is 43.3 Å². The van der Waals surface area contributed by atoms with E-state index in [4.69, 9.17) is 10.3 Å². The highest BCUT2D eigenvalue weighted by atomic mass is 16.5. The summed E-state index contributed by atoms with van der Waals surface area (Å²) in [7, 11) is 0. The van der Waals surface area contributed by atoms with Gasteiger partial charge in [0.25, 0.3) is 0 Å². The number of carbonyl (C=O) groups is 1. The molecule has 22 heavy (non-hydrogen) atoms. The van der Waals surface area contributed by atoms with E-state index in [1.54, 1.807) is 24.3 Å². The van der Waals surface area contributed by atoms with Crippen LogP contribution in [-0.2, 0) is 10.3 Å². The molecule has 0 aromatic heterocycles. The number of hydrogen-bond acceptors (Lipinski definition) is 3. The Bertz CT molecular complexity index is 667. The highest BCUT2D eigenvalue weighted by Gasteiger charge is 2.41. The number of ether oxygens (including phenoxy) is 1. The number of azide groups is 1. The monoisotopic (exact) mass is 295 g/mol. The Balaban J connectivity index is 2.57. The molecule has 0 aliphatic rings. The summed E-state index contributed by atoms with van der Waals surface area (Å²) in [6, 6.07) is 18.0. The van der Waals surface area contributed by atoms with Crippen molar-refractivity contribution in [3.05, 3.63) is 82.2 Å². The van der Waals surface area contributed by atoms with Gasteiger partial charge in [0.2, 0.25) is 0 Å². The van der Waals surface area contributed by atoms with E-state index >= 15 is 0 Å². The minimum absolute atomic E-state index is 0.0882. The van der Waals surface area contributed by atoms with Crippen molar-refractivity contribution in [2.75, 3.05) is 13.2 Å². The third-order valence-electron chi connectivity index (χ3n) is 3.39. The smallest absolute Gasteiger partial charge is 0.199 e. The van der Waals surface area contributed by atoms with Crippen molar-refractivity contribution in [2.24, 2.45) is 5.11 Å². The number of carbonyl (C=O) groups excluding carboxylic acids is 1. The summed E-state index contributed by atoms with van der Waals surface area (Å²) in [5.74, 6) is -0.214. The Labute approximate surface area is 129 Å². The molecule has 2 rings (SSSR count). The fourth-order valence-electron chi connectivity index (χ4n) is 2.40. The Kier molecular flexibility index (Phi) is 5.31. The highest BCUT2D eigenvalue weighted by molar-refractivity contribution is 6.03. The Morgan fingerprint density at radius 2 is 1.73 bits per heavy atom. The molecule has 1 unspecified atom stereocenters. The molecule has 0 spiro atoms. The zero-order chi connectivity index (χ0) is 15.8. The van der Waals surface area contributed by atoms with E-state index in [0.717, 1.165) is 0 Å². The van der Waals surface area contributed by atoms with Crippen LogP contribution in [0.3, 0.4) is 0 Å². The van der Waals surface area contributed by atoms with Crippen molar-refractivity contribution < 1.29 is 9.53 Å². The average molecular weight is 295 g/mol. The van der Waals surface area contributed by atoms with Crippen molar-refractivity contribution in [1.82, 2.24) is 0 Å². The van der Waals surface area contributed by atoms with Gasteiger partial charge in [-0.3, -0.25) is 4.79 Å². The molecule has 2 aromatic carbocycles. The van der Waals surface area contributed by atoms with Gasteiger partial charge in [-0.05, 0) is 18.0 Å². The summed E-state index contributed by atoms with van der Waals surface area (Å²) in [5.41, 5.74) is 8.59. The van der Waals surface area contributed by atoms with E-state index in [-0.39, 0.29) is 12.3 Å². The lowest BCUT2D eigenvalue weighted by Crippen LogP contribution is -2.42. The number of rotatable bonds is 7. The average Bonchev–Trinajstić information content (AvgIpc) is 2.59. The van der Waals surface area contributed by atoms with Crippen LogP contribution in [0.2, 0.25) is 0 Å². The van der Waals surface area contributed by atoms with Crippen molar-refractivity contribution in [3.8, 4) is 0 Å². The molecule has 0 saturated carbocycles. The van der Waals surface area contributed by atoms with E-state index < -0.39 is 5.60 Å². The topological polar surface area (TPSA) is 75.1 Å². The molecule has 5 heteroatoms. The number of ketones is 1. The summed E-state index contributed by atoms with van der Waals surface area (Å²) >= 11 is 0. The summed E-state index contributed by atoms with van der Waals surface area (Å²) in [5, 5.41) is 3.62. The summed E-state index contributed by atoms with van der Waals surface area (Å²) < 4.78 is 5.82. The van der Waals surface area contributed by atoms with Crippen LogP contribution in [0.5, 0.6) is 0 Å². The molecule has 0 saturated heterocycles. The summed E-state index contributed by atoms with van der Waals surface area (Å²) in [6.07, 6.45) is 0. The zero-order valence-electron chi connectivity index (χ0n) is 12.3. The fourth-order valence-corrected chi connectivity index (χ4v) is 2.40. The van der Waals surface area contributed by atoms with Gasteiger partial charge in [0.15, 0.2) is 11.4 Å². The first kappa shape index (κ1) is 15.8. The molecule has 0 heterocycles. The van der Waals surface area contributed by atoms with Gasteiger partial charge in [-0.15, -0.1) is 0 Å². The predicted octanol–water partition coefficient (Wildman–Crippen LogP) is 4.11. The third kappa shape index (κ3) is 3.17. The molecule has 5 nitrogen and oxygen atoms in total. The number of hydrogen-bond donors (Lipinski definition) is 0. The van der Waals surface area contributed by atoms with E-state index in [2.05, 4.69) is 10.0 Å². The van der Waals surface area contributed by atoms with E-state index in [9.17, 15) is 4.79 Å². The lowest BCUT2D eigenvalue weighted by atomic mass is 9.85. The van der Waals surface area contributed by atoms with Crippen LogP contribution in [0, 0.1) is 0 Å². The Hall–Kier alpha value is -2.62. The number of benzene rings is 2. The lowest BCUT2D eigenvalue weighted by Gasteiger charge is -2.31. The molecule has 0 N–H and O–H groups in total. The first-order valence-electron chi connectivity index (χ1n) is 7.05. The van der Waals surface area contributed by atoms with Gasteiger partial charge >= 0.3 is 0 Å². The lowest BCUT2D eigenvalue weighted by molar-refractivity contribution is -0.0184. The Morgan fingerprint density at radius 1 is 1.14 bits per heavy atom. The van der Waals surface area contributed by atoms with Gasteiger partial charge < -0.3 is 4.74 Å². The van der Waals surface area contributed by atoms with Gasteiger partial charge in [-0.25, -0.2) is 0 Å². The van der Waals surface area contributed by atoms with Crippen LogP contribution in [0.25, 0.3) is 10.4 Å². The molecule has 0 bridgehead atoms. The standard InChI is InChI=1S/C17H17N3O2/c1-2-22-17(13-19-20-18,15-11-7-4-8-12-15)16(21)14-9-5-3-6-10-14/h3-12H,2,13H2,1H3.